The van der Waals surface area contributed by atoms with E-state index in [2.05, 4.69) is 39.3 Å². The molecule has 6 heteroatoms. The molecule has 0 aromatic rings. The van der Waals surface area contributed by atoms with Crippen LogP contribution in [0.1, 0.15) is 96.3 Å². The summed E-state index contributed by atoms with van der Waals surface area (Å²) >= 11 is 0. The molecular formula is C23H48O4Si2. The van der Waals surface area contributed by atoms with Crippen molar-refractivity contribution in [1.29, 1.82) is 0 Å². The van der Waals surface area contributed by atoms with Crippen LogP contribution in [0.5, 0.6) is 0 Å². The Labute approximate surface area is 182 Å². The summed E-state index contributed by atoms with van der Waals surface area (Å²) in [6.07, 6.45) is 17.1. The zero-order chi connectivity index (χ0) is 22.2. The van der Waals surface area contributed by atoms with Gasteiger partial charge in [0.15, 0.2) is 0 Å². The second-order valence-corrected chi connectivity index (χ2v) is 19.1. The minimum Gasteiger partial charge on any atom is -0.520 e. The summed E-state index contributed by atoms with van der Waals surface area (Å²) in [6, 6.07) is 0. The van der Waals surface area contributed by atoms with Gasteiger partial charge < -0.3 is 8.85 Å². The van der Waals surface area contributed by atoms with Gasteiger partial charge in [0.1, 0.15) is 0 Å². The maximum Gasteiger partial charge on any atom is 0.292 e. The molecular weight excluding hydrogens is 396 g/mol. The first-order valence-electron chi connectivity index (χ1n) is 11.9. The van der Waals surface area contributed by atoms with Crippen molar-refractivity contribution in [2.24, 2.45) is 0 Å². The minimum atomic E-state index is -1.71. The van der Waals surface area contributed by atoms with Gasteiger partial charge in [-0.05, 0) is 52.1 Å². The Balaban J connectivity index is 3.26. The average molecular weight is 445 g/mol. The SMILES string of the molecule is C[Si](C)(C)OC(=O)CCCCCCCCCCCCCCCC(=O)O[Si](C)(C)C. The van der Waals surface area contributed by atoms with E-state index in [-0.39, 0.29) is 11.9 Å². The first-order valence-corrected chi connectivity index (χ1v) is 18.7. The third-order valence-corrected chi connectivity index (χ3v) is 6.28. The quantitative estimate of drug-likeness (QED) is 0.161. The number of unbranched alkanes of at least 4 members (excludes halogenated alkanes) is 12. The van der Waals surface area contributed by atoms with Crippen LogP contribution in [0.4, 0.5) is 0 Å². The summed E-state index contributed by atoms with van der Waals surface area (Å²) < 4.78 is 10.9. The summed E-state index contributed by atoms with van der Waals surface area (Å²) in [6.45, 7) is 12.3. The maximum absolute atomic E-state index is 11.7. The topological polar surface area (TPSA) is 52.6 Å². The molecule has 0 N–H and O–H groups in total. The van der Waals surface area contributed by atoms with Crippen LogP contribution in [0.25, 0.3) is 0 Å². The smallest absolute Gasteiger partial charge is 0.292 e. The predicted octanol–water partition coefficient (Wildman–Crippen LogP) is 7.59. The minimum absolute atomic E-state index is 0.00401. The van der Waals surface area contributed by atoms with Crippen molar-refractivity contribution in [1.82, 2.24) is 0 Å². The Morgan fingerprint density at radius 3 is 0.862 bits per heavy atom. The monoisotopic (exact) mass is 444 g/mol. The van der Waals surface area contributed by atoms with E-state index in [1.807, 2.05) is 0 Å². The van der Waals surface area contributed by atoms with Crippen molar-refractivity contribution in [3.05, 3.63) is 0 Å². The van der Waals surface area contributed by atoms with Gasteiger partial charge in [0.25, 0.3) is 11.9 Å². The van der Waals surface area contributed by atoms with Gasteiger partial charge in [0.05, 0.1) is 0 Å². The molecule has 0 saturated heterocycles. The molecule has 29 heavy (non-hydrogen) atoms. The van der Waals surface area contributed by atoms with Crippen LogP contribution >= 0.6 is 0 Å². The largest absolute Gasteiger partial charge is 0.520 e. The van der Waals surface area contributed by atoms with E-state index in [1.54, 1.807) is 0 Å². The van der Waals surface area contributed by atoms with Gasteiger partial charge in [0, 0.05) is 12.8 Å². The molecule has 0 atom stereocenters. The molecule has 0 aliphatic heterocycles. The van der Waals surface area contributed by atoms with E-state index in [4.69, 9.17) is 8.85 Å². The second kappa shape index (κ2) is 16.1. The Bertz CT molecular complexity index is 399. The molecule has 0 rings (SSSR count). The summed E-state index contributed by atoms with van der Waals surface area (Å²) in [7, 11) is -3.41. The van der Waals surface area contributed by atoms with E-state index in [0.29, 0.717) is 12.8 Å². The van der Waals surface area contributed by atoms with Crippen molar-refractivity contribution >= 4 is 28.6 Å². The van der Waals surface area contributed by atoms with Crippen molar-refractivity contribution in [3.8, 4) is 0 Å². The Morgan fingerprint density at radius 2 is 0.655 bits per heavy atom. The van der Waals surface area contributed by atoms with Gasteiger partial charge in [-0.1, -0.05) is 70.6 Å². The van der Waals surface area contributed by atoms with Gasteiger partial charge in [0.2, 0.25) is 16.6 Å². The lowest BCUT2D eigenvalue weighted by Crippen LogP contribution is -2.28. The lowest BCUT2D eigenvalue weighted by atomic mass is 10.0. The fourth-order valence-corrected chi connectivity index (χ4v) is 4.84. The highest BCUT2D eigenvalue weighted by molar-refractivity contribution is 6.71. The summed E-state index contributed by atoms with van der Waals surface area (Å²) in [5, 5.41) is 0. The Morgan fingerprint density at radius 1 is 0.448 bits per heavy atom. The second-order valence-electron chi connectivity index (χ2n) is 10.3. The zero-order valence-corrected chi connectivity index (χ0v) is 22.2. The normalized spacial score (nSPS) is 12.1. The molecule has 0 bridgehead atoms. The molecule has 0 saturated carbocycles. The first kappa shape index (κ1) is 28.4. The predicted molar refractivity (Wildman–Crippen MR) is 128 cm³/mol. The lowest BCUT2D eigenvalue weighted by molar-refractivity contribution is -0.136. The van der Waals surface area contributed by atoms with Gasteiger partial charge in [-0.2, -0.15) is 0 Å². The van der Waals surface area contributed by atoms with Crippen LogP contribution in [-0.2, 0) is 18.4 Å². The third kappa shape index (κ3) is 23.5. The molecule has 0 heterocycles. The van der Waals surface area contributed by atoms with Crippen LogP contribution in [0, 0.1) is 0 Å². The number of carbonyl (C=O) groups is 2. The summed E-state index contributed by atoms with van der Waals surface area (Å²) in [5.41, 5.74) is 0. The Kier molecular flexibility index (Phi) is 15.8. The zero-order valence-electron chi connectivity index (χ0n) is 20.2. The molecule has 0 radical (unpaired) electrons. The van der Waals surface area contributed by atoms with Crippen LogP contribution in [0.3, 0.4) is 0 Å². The van der Waals surface area contributed by atoms with E-state index < -0.39 is 16.6 Å². The molecule has 0 aromatic heterocycles. The highest BCUT2D eigenvalue weighted by Gasteiger charge is 2.20. The molecule has 0 unspecified atom stereocenters. The molecule has 0 fully saturated rings. The Hall–Kier alpha value is -0.626. The highest BCUT2D eigenvalue weighted by Crippen LogP contribution is 2.14. The number of hydrogen-bond acceptors (Lipinski definition) is 4. The summed E-state index contributed by atoms with van der Waals surface area (Å²) in [4.78, 5) is 23.3. The molecule has 0 spiro atoms. The van der Waals surface area contributed by atoms with E-state index in [1.165, 1.54) is 57.8 Å². The lowest BCUT2D eigenvalue weighted by Gasteiger charge is -2.17. The standard InChI is InChI=1S/C23H48O4Si2/c1-28(2,3)26-22(24)20-18-16-14-12-10-8-7-9-11-13-15-17-19-21-23(25)27-29(4,5)6/h7-21H2,1-6H3. The molecule has 0 aromatic carbocycles. The number of hydrogen-bond donors (Lipinski definition) is 0. The number of carbonyl (C=O) groups excluding carboxylic acids is 2. The van der Waals surface area contributed by atoms with Crippen LogP contribution in [0.15, 0.2) is 0 Å². The fraction of sp³-hybridized carbons (Fsp3) is 0.913. The van der Waals surface area contributed by atoms with Crippen molar-refractivity contribution in [2.75, 3.05) is 0 Å². The first-order chi connectivity index (χ1) is 13.5. The van der Waals surface area contributed by atoms with Crippen molar-refractivity contribution < 1.29 is 18.4 Å². The van der Waals surface area contributed by atoms with Crippen molar-refractivity contribution in [3.63, 3.8) is 0 Å². The van der Waals surface area contributed by atoms with Crippen LogP contribution < -0.4 is 0 Å². The number of rotatable bonds is 18. The third-order valence-electron chi connectivity index (χ3n) is 4.60. The molecule has 172 valence electrons. The average Bonchev–Trinajstić information content (AvgIpc) is 2.55. The van der Waals surface area contributed by atoms with E-state index in [9.17, 15) is 9.59 Å². The molecule has 4 nitrogen and oxygen atoms in total. The van der Waals surface area contributed by atoms with E-state index in [0.717, 1.165) is 25.7 Å². The maximum atomic E-state index is 11.7. The fourth-order valence-electron chi connectivity index (χ4n) is 3.27. The van der Waals surface area contributed by atoms with Gasteiger partial charge in [-0.25, -0.2) is 0 Å². The molecule has 0 aliphatic carbocycles. The van der Waals surface area contributed by atoms with Gasteiger partial charge in [-0.3, -0.25) is 9.59 Å². The highest BCUT2D eigenvalue weighted by atomic mass is 28.4. The van der Waals surface area contributed by atoms with Crippen LogP contribution in [-0.4, -0.2) is 28.6 Å². The van der Waals surface area contributed by atoms with Crippen molar-refractivity contribution in [2.45, 2.75) is 136 Å². The molecule has 0 amide bonds. The van der Waals surface area contributed by atoms with Crippen LogP contribution in [0.2, 0.25) is 39.3 Å². The summed E-state index contributed by atoms with van der Waals surface area (Å²) in [5.74, 6) is -0.00802. The van der Waals surface area contributed by atoms with E-state index >= 15 is 0 Å². The van der Waals surface area contributed by atoms with Gasteiger partial charge >= 0.3 is 0 Å². The molecule has 0 aliphatic rings. The van der Waals surface area contributed by atoms with Gasteiger partial charge in [-0.15, -0.1) is 0 Å².